The highest BCUT2D eigenvalue weighted by Crippen LogP contribution is 2.23. The lowest BCUT2D eigenvalue weighted by molar-refractivity contribution is -0.139. The highest BCUT2D eigenvalue weighted by molar-refractivity contribution is 5.94. The van der Waals surface area contributed by atoms with Crippen molar-refractivity contribution in [3.63, 3.8) is 0 Å². The van der Waals surface area contributed by atoms with Crippen molar-refractivity contribution in [1.82, 2.24) is 0 Å². The number of carbonyl (C=O) groups excluding carboxylic acids is 2. The maximum atomic E-state index is 11.5. The van der Waals surface area contributed by atoms with Crippen LogP contribution in [0.3, 0.4) is 0 Å². The van der Waals surface area contributed by atoms with Gasteiger partial charge in [-0.3, -0.25) is 9.59 Å². The Kier molecular flexibility index (Phi) is 5.31. The molecule has 0 aliphatic heterocycles. The van der Waals surface area contributed by atoms with Crippen molar-refractivity contribution in [1.29, 1.82) is 0 Å². The number of methoxy groups -OCH3 is 1. The van der Waals surface area contributed by atoms with Gasteiger partial charge in [-0.05, 0) is 30.7 Å². The second-order valence-electron chi connectivity index (χ2n) is 4.91. The third-order valence-corrected chi connectivity index (χ3v) is 3.27. The molecule has 0 amide bonds. The maximum absolute atomic E-state index is 11.5. The van der Waals surface area contributed by atoms with Crippen molar-refractivity contribution in [2.24, 2.45) is 0 Å². The summed E-state index contributed by atoms with van der Waals surface area (Å²) in [5.41, 5.74) is 2.23. The first-order valence-electron chi connectivity index (χ1n) is 6.97. The van der Waals surface area contributed by atoms with Crippen molar-refractivity contribution in [3.05, 3.63) is 65.2 Å². The van der Waals surface area contributed by atoms with E-state index in [1.54, 1.807) is 18.2 Å². The Balaban J connectivity index is 2.21. The van der Waals surface area contributed by atoms with Crippen LogP contribution < -0.4 is 4.74 Å². The lowest BCUT2D eigenvalue weighted by Gasteiger charge is -2.12. The van der Waals surface area contributed by atoms with Crippen molar-refractivity contribution >= 4 is 11.8 Å². The third-order valence-electron chi connectivity index (χ3n) is 3.27. The Bertz CT molecular complexity index is 662. The first-order valence-corrected chi connectivity index (χ1v) is 6.97. The fourth-order valence-electron chi connectivity index (χ4n) is 2.04. The SMILES string of the molecule is COC(=O)Cc1cc(C(C)=O)ccc1OCc1ccccc1. The van der Waals surface area contributed by atoms with Crippen LogP contribution in [-0.2, 0) is 22.6 Å². The van der Waals surface area contributed by atoms with Crippen molar-refractivity contribution in [2.45, 2.75) is 20.0 Å². The minimum atomic E-state index is -0.370. The Morgan fingerprint density at radius 3 is 2.41 bits per heavy atom. The smallest absolute Gasteiger partial charge is 0.310 e. The van der Waals surface area contributed by atoms with E-state index in [-0.39, 0.29) is 18.2 Å². The first kappa shape index (κ1) is 15.8. The van der Waals surface area contributed by atoms with Crippen LogP contribution in [0, 0.1) is 0 Å². The zero-order valence-electron chi connectivity index (χ0n) is 12.7. The summed E-state index contributed by atoms with van der Waals surface area (Å²) in [6.45, 7) is 1.89. The Morgan fingerprint density at radius 2 is 1.77 bits per heavy atom. The normalized spacial score (nSPS) is 10.1. The number of esters is 1. The second kappa shape index (κ2) is 7.41. The van der Waals surface area contributed by atoms with Crippen molar-refractivity contribution < 1.29 is 19.1 Å². The summed E-state index contributed by atoms with van der Waals surface area (Å²) < 4.78 is 10.5. The first-order chi connectivity index (χ1) is 10.6. The average Bonchev–Trinajstić information content (AvgIpc) is 2.54. The maximum Gasteiger partial charge on any atom is 0.310 e. The molecule has 2 rings (SSSR count). The molecule has 0 saturated carbocycles. The number of ether oxygens (including phenoxy) is 2. The van der Waals surface area contributed by atoms with E-state index in [9.17, 15) is 9.59 Å². The van der Waals surface area contributed by atoms with Crippen molar-refractivity contribution in [3.8, 4) is 5.75 Å². The number of hydrogen-bond donors (Lipinski definition) is 0. The topological polar surface area (TPSA) is 52.6 Å². The molecule has 0 atom stereocenters. The minimum Gasteiger partial charge on any atom is -0.489 e. The van der Waals surface area contributed by atoms with Gasteiger partial charge in [0.2, 0.25) is 0 Å². The van der Waals surface area contributed by atoms with Crippen LogP contribution in [0.25, 0.3) is 0 Å². The minimum absolute atomic E-state index is 0.0549. The number of hydrogen-bond acceptors (Lipinski definition) is 4. The fourth-order valence-corrected chi connectivity index (χ4v) is 2.04. The third kappa shape index (κ3) is 4.19. The molecule has 4 heteroatoms. The molecule has 2 aromatic carbocycles. The summed E-state index contributed by atoms with van der Waals surface area (Å²) in [5.74, 6) is 0.158. The van der Waals surface area contributed by atoms with E-state index in [2.05, 4.69) is 0 Å². The Morgan fingerprint density at radius 1 is 1.05 bits per heavy atom. The van der Waals surface area contributed by atoms with Gasteiger partial charge in [-0.2, -0.15) is 0 Å². The van der Waals surface area contributed by atoms with Crippen LogP contribution >= 0.6 is 0 Å². The molecule has 0 aliphatic carbocycles. The molecule has 0 saturated heterocycles. The van der Waals surface area contributed by atoms with Crippen LogP contribution in [0.1, 0.15) is 28.4 Å². The van der Waals surface area contributed by atoms with Gasteiger partial charge in [-0.1, -0.05) is 30.3 Å². The number of rotatable bonds is 6. The zero-order valence-corrected chi connectivity index (χ0v) is 12.7. The summed E-state index contributed by atoms with van der Waals surface area (Å²) in [6.07, 6.45) is 0.0712. The van der Waals surface area contributed by atoms with E-state index in [1.807, 2.05) is 30.3 Å². The van der Waals surface area contributed by atoms with Gasteiger partial charge < -0.3 is 9.47 Å². The van der Waals surface area contributed by atoms with Crippen LogP contribution in [0.5, 0.6) is 5.75 Å². The number of benzene rings is 2. The molecule has 4 nitrogen and oxygen atoms in total. The highest BCUT2D eigenvalue weighted by atomic mass is 16.5. The predicted octanol–water partition coefficient (Wildman–Crippen LogP) is 3.18. The molecule has 0 bridgehead atoms. The van der Waals surface area contributed by atoms with E-state index < -0.39 is 0 Å². The average molecular weight is 298 g/mol. The number of carbonyl (C=O) groups is 2. The van der Waals surface area contributed by atoms with Gasteiger partial charge in [-0.15, -0.1) is 0 Å². The lowest BCUT2D eigenvalue weighted by atomic mass is 10.0. The van der Waals surface area contributed by atoms with Crippen LogP contribution in [-0.4, -0.2) is 18.9 Å². The van der Waals surface area contributed by atoms with E-state index in [1.165, 1.54) is 14.0 Å². The van der Waals surface area contributed by atoms with E-state index in [0.29, 0.717) is 23.5 Å². The van der Waals surface area contributed by atoms with Gasteiger partial charge >= 0.3 is 5.97 Å². The molecular weight excluding hydrogens is 280 g/mol. The zero-order chi connectivity index (χ0) is 15.9. The summed E-state index contributed by atoms with van der Waals surface area (Å²) in [6, 6.07) is 14.8. The highest BCUT2D eigenvalue weighted by Gasteiger charge is 2.12. The lowest BCUT2D eigenvalue weighted by Crippen LogP contribution is -2.08. The van der Waals surface area contributed by atoms with Gasteiger partial charge in [0.05, 0.1) is 13.5 Å². The molecule has 0 heterocycles. The molecule has 22 heavy (non-hydrogen) atoms. The summed E-state index contributed by atoms with van der Waals surface area (Å²) >= 11 is 0. The summed E-state index contributed by atoms with van der Waals surface area (Å²) in [7, 11) is 1.33. The fraction of sp³-hybridized carbons (Fsp3) is 0.222. The molecule has 0 radical (unpaired) electrons. The van der Waals surface area contributed by atoms with Crippen LogP contribution in [0.15, 0.2) is 48.5 Å². The molecule has 0 aromatic heterocycles. The molecule has 0 N–H and O–H groups in total. The van der Waals surface area contributed by atoms with E-state index in [4.69, 9.17) is 9.47 Å². The molecule has 0 fully saturated rings. The Hall–Kier alpha value is -2.62. The monoisotopic (exact) mass is 298 g/mol. The molecule has 0 aliphatic rings. The second-order valence-corrected chi connectivity index (χ2v) is 4.91. The predicted molar refractivity (Wildman–Crippen MR) is 82.9 cm³/mol. The summed E-state index contributed by atoms with van der Waals surface area (Å²) in [5, 5.41) is 0. The quantitative estimate of drug-likeness (QED) is 0.607. The van der Waals surface area contributed by atoms with E-state index in [0.717, 1.165) is 5.56 Å². The number of ketones is 1. The standard InChI is InChI=1S/C18H18O4/c1-13(19)15-8-9-17(16(10-15)11-18(20)21-2)22-12-14-6-4-3-5-7-14/h3-10H,11-12H2,1-2H3. The molecular formula is C18H18O4. The summed E-state index contributed by atoms with van der Waals surface area (Å²) in [4.78, 5) is 23.0. The van der Waals surface area contributed by atoms with Crippen molar-refractivity contribution in [2.75, 3.05) is 7.11 Å². The Labute approximate surface area is 129 Å². The van der Waals surface area contributed by atoms with E-state index >= 15 is 0 Å². The van der Waals surface area contributed by atoms with Gasteiger partial charge in [-0.25, -0.2) is 0 Å². The molecule has 0 unspecified atom stereocenters. The van der Waals surface area contributed by atoms with Crippen LogP contribution in [0.4, 0.5) is 0 Å². The number of Topliss-reactive ketones (excluding diaryl/α,β-unsaturated/α-hetero) is 1. The molecule has 0 spiro atoms. The van der Waals surface area contributed by atoms with Gasteiger partial charge in [0.25, 0.3) is 0 Å². The van der Waals surface area contributed by atoms with Gasteiger partial charge in [0, 0.05) is 11.1 Å². The molecule has 2 aromatic rings. The van der Waals surface area contributed by atoms with Gasteiger partial charge in [0.15, 0.2) is 5.78 Å². The van der Waals surface area contributed by atoms with Gasteiger partial charge in [0.1, 0.15) is 12.4 Å². The van der Waals surface area contributed by atoms with Crippen LogP contribution in [0.2, 0.25) is 0 Å². The molecule has 114 valence electrons. The largest absolute Gasteiger partial charge is 0.489 e.